The van der Waals surface area contributed by atoms with Crippen molar-refractivity contribution < 1.29 is 52.8 Å². The number of halogens is 8. The fourth-order valence-electron chi connectivity index (χ4n) is 5.13. The second-order valence-corrected chi connectivity index (χ2v) is 10.5. The Morgan fingerprint density at radius 3 is 0.712 bits per heavy atom. The number of rotatable bonds is 7. The van der Waals surface area contributed by atoms with Crippen LogP contribution in [0.4, 0.5) is 35.1 Å². The quantitative estimate of drug-likeness (QED) is 0.116. The molecule has 18 heteroatoms. The molecule has 0 fully saturated rings. The molecule has 0 radical (unpaired) electrons. The van der Waals surface area contributed by atoms with Crippen molar-refractivity contribution >= 4 is 0 Å². The van der Waals surface area contributed by atoms with E-state index in [4.69, 9.17) is 17.7 Å². The van der Waals surface area contributed by atoms with E-state index in [-0.39, 0.29) is 46.3 Å². The number of hydrogen-bond acceptors (Lipinski definition) is 10. The fourth-order valence-corrected chi connectivity index (χ4v) is 5.13. The average molecular weight is 720 g/mol. The van der Waals surface area contributed by atoms with Gasteiger partial charge in [-0.15, -0.1) is 0 Å². The van der Waals surface area contributed by atoms with Crippen molar-refractivity contribution in [2.75, 3.05) is 0 Å². The zero-order valence-corrected chi connectivity index (χ0v) is 25.3. The molecule has 0 unspecified atom stereocenters. The Hall–Kier alpha value is -6.98. The highest BCUT2D eigenvalue weighted by atomic mass is 19.2. The van der Waals surface area contributed by atoms with Gasteiger partial charge in [0.05, 0.1) is 47.3 Å². The summed E-state index contributed by atoms with van der Waals surface area (Å²) in [4.78, 5) is 23.6. The number of aromatic nitrogens is 6. The first-order chi connectivity index (χ1) is 25.1. The van der Waals surface area contributed by atoms with Crippen LogP contribution in [0.2, 0.25) is 0 Å². The standard InChI is InChI=1S/C34H12F8N6O4/c35-21-17(22(36)26(40)19(25(21)39)33-45-29(13-5-1-9-49-13)43-30(46-33)14-6-2-10-50-14)18-23(37)27(41)20(28(42)24(18)38)34-47-31(15-7-3-11-51-15)44-32(48-34)16-8-4-12-52-16/h1-12H. The summed E-state index contributed by atoms with van der Waals surface area (Å²) in [7, 11) is 0. The van der Waals surface area contributed by atoms with Crippen LogP contribution in [0.1, 0.15) is 0 Å². The monoisotopic (exact) mass is 720 g/mol. The van der Waals surface area contributed by atoms with Gasteiger partial charge in [0, 0.05) is 0 Å². The van der Waals surface area contributed by atoms with E-state index in [2.05, 4.69) is 29.9 Å². The van der Waals surface area contributed by atoms with Gasteiger partial charge in [-0.05, 0) is 48.5 Å². The van der Waals surface area contributed by atoms with Gasteiger partial charge in [-0.3, -0.25) is 0 Å². The summed E-state index contributed by atoms with van der Waals surface area (Å²) in [5, 5.41) is 0. The maximum Gasteiger partial charge on any atom is 0.199 e. The Bertz CT molecular complexity index is 2270. The zero-order chi connectivity index (χ0) is 36.3. The molecule has 0 bridgehead atoms. The molecule has 0 N–H and O–H groups in total. The van der Waals surface area contributed by atoms with Crippen LogP contribution >= 0.6 is 0 Å². The smallest absolute Gasteiger partial charge is 0.199 e. The number of furan rings is 4. The number of nitrogens with zero attached hydrogens (tertiary/aromatic N) is 6. The molecule has 0 atom stereocenters. The first-order valence-electron chi connectivity index (χ1n) is 14.5. The maximum atomic E-state index is 15.8. The summed E-state index contributed by atoms with van der Waals surface area (Å²) >= 11 is 0. The molecule has 8 aromatic rings. The molecule has 0 amide bonds. The molecular weight excluding hydrogens is 708 g/mol. The van der Waals surface area contributed by atoms with Crippen LogP contribution in [0.25, 0.3) is 80.2 Å². The Kier molecular flexibility index (Phi) is 7.69. The topological polar surface area (TPSA) is 130 Å². The molecule has 0 aliphatic rings. The van der Waals surface area contributed by atoms with Crippen LogP contribution in [-0.2, 0) is 0 Å². The molecule has 8 rings (SSSR count). The molecule has 0 saturated carbocycles. The van der Waals surface area contributed by atoms with Crippen molar-refractivity contribution in [1.82, 2.24) is 29.9 Å². The lowest BCUT2D eigenvalue weighted by atomic mass is 9.97. The second kappa shape index (κ2) is 12.4. The van der Waals surface area contributed by atoms with Crippen LogP contribution in [0.5, 0.6) is 0 Å². The van der Waals surface area contributed by atoms with E-state index in [0.717, 1.165) is 0 Å². The van der Waals surface area contributed by atoms with Crippen molar-refractivity contribution in [3.63, 3.8) is 0 Å². The Morgan fingerprint density at radius 1 is 0.288 bits per heavy atom. The van der Waals surface area contributed by atoms with E-state index in [1.165, 1.54) is 73.6 Å². The van der Waals surface area contributed by atoms with Crippen molar-refractivity contribution in [3.8, 4) is 80.2 Å². The molecule has 2 aromatic carbocycles. The van der Waals surface area contributed by atoms with Gasteiger partial charge in [-0.1, -0.05) is 0 Å². The van der Waals surface area contributed by atoms with Crippen molar-refractivity contribution in [2.45, 2.75) is 0 Å². The van der Waals surface area contributed by atoms with Gasteiger partial charge in [0.2, 0.25) is 0 Å². The SMILES string of the molecule is Fc1c(F)c(-c2c(F)c(F)c(-c3nc(-c4ccco4)nc(-c4ccco4)n3)c(F)c2F)c(F)c(F)c1-c1nc(-c2ccco2)nc(-c2ccco2)n1. The lowest BCUT2D eigenvalue weighted by Crippen LogP contribution is -2.11. The van der Waals surface area contributed by atoms with Gasteiger partial charge in [-0.25, -0.2) is 65.0 Å². The lowest BCUT2D eigenvalue weighted by molar-refractivity contribution is 0.445. The Morgan fingerprint density at radius 2 is 0.500 bits per heavy atom. The predicted octanol–water partition coefficient (Wildman–Crippen LogP) is 9.21. The molecule has 52 heavy (non-hydrogen) atoms. The molecule has 0 spiro atoms. The molecule has 0 aliphatic heterocycles. The highest BCUT2D eigenvalue weighted by molar-refractivity contribution is 5.76. The van der Waals surface area contributed by atoms with Gasteiger partial charge < -0.3 is 17.7 Å². The molecule has 10 nitrogen and oxygen atoms in total. The zero-order valence-electron chi connectivity index (χ0n) is 25.3. The van der Waals surface area contributed by atoms with Gasteiger partial charge >= 0.3 is 0 Å². The van der Waals surface area contributed by atoms with Crippen molar-refractivity contribution in [3.05, 3.63) is 120 Å². The maximum absolute atomic E-state index is 15.8. The summed E-state index contributed by atoms with van der Waals surface area (Å²) in [6.45, 7) is 0. The van der Waals surface area contributed by atoms with Gasteiger partial charge in [0.15, 0.2) is 105 Å². The van der Waals surface area contributed by atoms with Crippen LogP contribution in [0.3, 0.4) is 0 Å². The third-order valence-electron chi connectivity index (χ3n) is 7.46. The summed E-state index contributed by atoms with van der Waals surface area (Å²) in [6.07, 6.45) is 4.85. The predicted molar refractivity (Wildman–Crippen MR) is 160 cm³/mol. The Balaban J connectivity index is 1.31. The molecule has 258 valence electrons. The minimum atomic E-state index is -2.45. The van der Waals surface area contributed by atoms with E-state index >= 15 is 35.1 Å². The number of benzene rings is 2. The first kappa shape index (κ1) is 32.2. The Labute approximate surface area is 283 Å². The summed E-state index contributed by atoms with van der Waals surface area (Å²) < 4.78 is 147. The third-order valence-corrected chi connectivity index (χ3v) is 7.46. The van der Waals surface area contributed by atoms with Gasteiger partial charge in [-0.2, -0.15) is 0 Å². The largest absolute Gasteiger partial charge is 0.461 e. The molecular formula is C34H12F8N6O4. The van der Waals surface area contributed by atoms with E-state index in [1.807, 2.05) is 0 Å². The highest BCUT2D eigenvalue weighted by Gasteiger charge is 2.36. The molecule has 0 saturated heterocycles. The van der Waals surface area contributed by atoms with Crippen molar-refractivity contribution in [1.29, 1.82) is 0 Å². The average Bonchev–Trinajstić information content (AvgIpc) is 3.99. The normalized spacial score (nSPS) is 11.5. The minimum Gasteiger partial charge on any atom is -0.461 e. The van der Waals surface area contributed by atoms with E-state index in [9.17, 15) is 0 Å². The van der Waals surface area contributed by atoms with E-state index < -0.39 is 80.4 Å². The highest BCUT2D eigenvalue weighted by Crippen LogP contribution is 2.42. The molecule has 6 heterocycles. The van der Waals surface area contributed by atoms with E-state index in [1.54, 1.807) is 0 Å². The summed E-state index contributed by atoms with van der Waals surface area (Å²) in [5.41, 5.74) is -7.34. The van der Waals surface area contributed by atoms with Crippen LogP contribution in [-0.4, -0.2) is 29.9 Å². The second-order valence-electron chi connectivity index (χ2n) is 10.5. The fraction of sp³-hybridized carbons (Fsp3) is 0. The summed E-state index contributed by atoms with van der Waals surface area (Å²) in [6, 6.07) is 11.1. The summed E-state index contributed by atoms with van der Waals surface area (Å²) in [5.74, 6) is -22.6. The van der Waals surface area contributed by atoms with Crippen LogP contribution < -0.4 is 0 Å². The minimum absolute atomic E-state index is 0.0595. The molecule has 6 aromatic heterocycles. The van der Waals surface area contributed by atoms with Gasteiger partial charge in [0.25, 0.3) is 0 Å². The van der Waals surface area contributed by atoms with Crippen LogP contribution in [0, 0.1) is 46.5 Å². The molecule has 0 aliphatic carbocycles. The first-order valence-corrected chi connectivity index (χ1v) is 14.5. The lowest BCUT2D eigenvalue weighted by Gasteiger charge is -2.16. The third kappa shape index (κ3) is 5.19. The van der Waals surface area contributed by atoms with Crippen LogP contribution in [0.15, 0.2) is 91.3 Å². The van der Waals surface area contributed by atoms with Gasteiger partial charge in [0.1, 0.15) is 0 Å². The van der Waals surface area contributed by atoms with E-state index in [0.29, 0.717) is 0 Å². The van der Waals surface area contributed by atoms with Crippen molar-refractivity contribution in [2.24, 2.45) is 0 Å². The number of hydrogen-bond donors (Lipinski definition) is 0.